The lowest BCUT2D eigenvalue weighted by atomic mass is 9.95. The van der Waals surface area contributed by atoms with Gasteiger partial charge in [0.1, 0.15) is 0 Å². The van der Waals surface area contributed by atoms with Gasteiger partial charge in [-0.15, -0.1) is 11.3 Å². The van der Waals surface area contributed by atoms with E-state index in [1.54, 1.807) is 11.3 Å². The van der Waals surface area contributed by atoms with Crippen LogP contribution in [-0.4, -0.2) is 11.7 Å². The van der Waals surface area contributed by atoms with Crippen molar-refractivity contribution in [2.75, 3.05) is 6.54 Å². The number of rotatable bonds is 3. The molecule has 0 unspecified atom stereocenters. The molecule has 0 radical (unpaired) electrons. The predicted octanol–water partition coefficient (Wildman–Crippen LogP) is 1.77. The normalized spacial score (nSPS) is 34.5. The van der Waals surface area contributed by atoms with Crippen molar-refractivity contribution in [3.8, 4) is 0 Å². The topological polar surface area (TPSA) is 46.2 Å². The minimum absolute atomic E-state index is 0.0230. The highest BCUT2D eigenvalue weighted by Crippen LogP contribution is 2.59. The molecule has 0 amide bonds. The number of aliphatic hydroxyl groups excluding tert-OH is 1. The third-order valence-electron chi connectivity index (χ3n) is 3.24. The van der Waals surface area contributed by atoms with Crippen LogP contribution >= 0.6 is 11.3 Å². The van der Waals surface area contributed by atoms with E-state index in [-0.39, 0.29) is 11.5 Å². The first-order valence-corrected chi connectivity index (χ1v) is 5.50. The van der Waals surface area contributed by atoms with E-state index in [4.69, 9.17) is 5.73 Å². The molecule has 0 bridgehead atoms. The SMILES string of the molecule is C[C@@H]1C[C@]1(CN)[C@H](O)c1cccs1. The first-order chi connectivity index (χ1) is 6.20. The molecule has 0 saturated heterocycles. The first-order valence-electron chi connectivity index (χ1n) is 4.62. The van der Waals surface area contributed by atoms with Gasteiger partial charge in [0.15, 0.2) is 0 Å². The molecule has 3 atom stereocenters. The average Bonchev–Trinajstić information content (AvgIpc) is 2.62. The van der Waals surface area contributed by atoms with E-state index in [2.05, 4.69) is 6.92 Å². The second-order valence-corrected chi connectivity index (χ2v) is 4.94. The fraction of sp³-hybridized carbons (Fsp3) is 0.600. The van der Waals surface area contributed by atoms with Crippen LogP contribution in [0.25, 0.3) is 0 Å². The molecule has 3 heteroatoms. The Kier molecular flexibility index (Phi) is 2.18. The van der Waals surface area contributed by atoms with Gasteiger partial charge in [-0.1, -0.05) is 13.0 Å². The van der Waals surface area contributed by atoms with Gasteiger partial charge >= 0.3 is 0 Å². The van der Waals surface area contributed by atoms with Gasteiger partial charge in [0.05, 0.1) is 6.10 Å². The summed E-state index contributed by atoms with van der Waals surface area (Å²) < 4.78 is 0. The van der Waals surface area contributed by atoms with Crippen LogP contribution in [0.3, 0.4) is 0 Å². The number of hydrogen-bond acceptors (Lipinski definition) is 3. The molecule has 0 aliphatic heterocycles. The summed E-state index contributed by atoms with van der Waals surface area (Å²) in [6.45, 7) is 2.75. The molecule has 1 aliphatic carbocycles. The van der Waals surface area contributed by atoms with Gasteiger partial charge in [-0.25, -0.2) is 0 Å². The second kappa shape index (κ2) is 3.08. The monoisotopic (exact) mass is 197 g/mol. The van der Waals surface area contributed by atoms with Crippen molar-refractivity contribution >= 4 is 11.3 Å². The minimum atomic E-state index is -0.354. The van der Waals surface area contributed by atoms with Crippen LogP contribution in [0, 0.1) is 11.3 Å². The van der Waals surface area contributed by atoms with Crippen molar-refractivity contribution in [1.82, 2.24) is 0 Å². The highest BCUT2D eigenvalue weighted by Gasteiger charge is 2.55. The van der Waals surface area contributed by atoms with Gasteiger partial charge < -0.3 is 10.8 Å². The second-order valence-electron chi connectivity index (χ2n) is 3.96. The number of hydrogen-bond donors (Lipinski definition) is 2. The summed E-state index contributed by atoms with van der Waals surface area (Å²) in [6, 6.07) is 3.96. The van der Waals surface area contributed by atoms with Gasteiger partial charge in [0.25, 0.3) is 0 Å². The zero-order chi connectivity index (χ0) is 9.47. The summed E-state index contributed by atoms with van der Waals surface area (Å²) in [5.41, 5.74) is 5.69. The fourth-order valence-corrected chi connectivity index (χ4v) is 2.85. The molecule has 1 heterocycles. The highest BCUT2D eigenvalue weighted by atomic mass is 32.1. The maximum Gasteiger partial charge on any atom is 0.0952 e. The summed E-state index contributed by atoms with van der Waals surface area (Å²) in [6.07, 6.45) is 0.704. The summed E-state index contributed by atoms with van der Waals surface area (Å²) in [7, 11) is 0. The molecule has 13 heavy (non-hydrogen) atoms. The summed E-state index contributed by atoms with van der Waals surface area (Å²) >= 11 is 1.61. The van der Waals surface area contributed by atoms with E-state index in [9.17, 15) is 5.11 Å². The molecular weight excluding hydrogens is 182 g/mol. The molecule has 72 valence electrons. The number of aliphatic hydroxyl groups is 1. The lowest BCUT2D eigenvalue weighted by molar-refractivity contribution is 0.0922. The summed E-state index contributed by atoms with van der Waals surface area (Å²) in [5.74, 6) is 0.564. The Morgan fingerprint density at radius 2 is 2.54 bits per heavy atom. The van der Waals surface area contributed by atoms with E-state index >= 15 is 0 Å². The maximum atomic E-state index is 10.1. The Morgan fingerprint density at radius 1 is 1.85 bits per heavy atom. The fourth-order valence-electron chi connectivity index (χ4n) is 2.02. The van der Waals surface area contributed by atoms with Crippen LogP contribution in [-0.2, 0) is 0 Å². The first kappa shape index (κ1) is 9.19. The Hall–Kier alpha value is -0.380. The van der Waals surface area contributed by atoms with Crippen molar-refractivity contribution in [2.45, 2.75) is 19.4 Å². The van der Waals surface area contributed by atoms with Gasteiger partial charge in [-0.05, 0) is 23.8 Å². The van der Waals surface area contributed by atoms with Gasteiger partial charge in [-0.2, -0.15) is 0 Å². The van der Waals surface area contributed by atoms with Crippen LogP contribution in [0.4, 0.5) is 0 Å². The molecule has 1 aliphatic rings. The predicted molar refractivity (Wildman–Crippen MR) is 54.5 cm³/mol. The van der Waals surface area contributed by atoms with Crippen molar-refractivity contribution in [3.63, 3.8) is 0 Å². The Morgan fingerprint density at radius 3 is 2.92 bits per heavy atom. The lowest BCUT2D eigenvalue weighted by Crippen LogP contribution is -2.24. The van der Waals surface area contributed by atoms with E-state index in [1.807, 2.05) is 17.5 Å². The Balaban J connectivity index is 2.18. The third-order valence-corrected chi connectivity index (χ3v) is 4.17. The lowest BCUT2D eigenvalue weighted by Gasteiger charge is -2.20. The third kappa shape index (κ3) is 1.31. The van der Waals surface area contributed by atoms with Crippen LogP contribution in [0.5, 0.6) is 0 Å². The maximum absolute atomic E-state index is 10.1. The molecule has 0 spiro atoms. The molecule has 2 rings (SSSR count). The molecule has 1 aromatic heterocycles. The van der Waals surface area contributed by atoms with E-state index in [0.29, 0.717) is 12.5 Å². The van der Waals surface area contributed by atoms with Crippen molar-refractivity contribution in [2.24, 2.45) is 17.1 Å². The zero-order valence-corrected chi connectivity index (χ0v) is 8.55. The molecule has 2 nitrogen and oxygen atoms in total. The van der Waals surface area contributed by atoms with Crippen LogP contribution in [0.15, 0.2) is 17.5 Å². The van der Waals surface area contributed by atoms with Crippen molar-refractivity contribution in [3.05, 3.63) is 22.4 Å². The average molecular weight is 197 g/mol. The Labute approximate surface area is 82.4 Å². The Bertz CT molecular complexity index is 281. The van der Waals surface area contributed by atoms with Crippen LogP contribution in [0.1, 0.15) is 24.3 Å². The standard InChI is InChI=1S/C10H15NOS/c1-7-5-10(7,6-11)9(12)8-3-2-4-13-8/h2-4,7,9,12H,5-6,11H2,1H3/t7-,9-,10-/m1/s1. The van der Waals surface area contributed by atoms with Crippen LogP contribution in [0.2, 0.25) is 0 Å². The summed E-state index contributed by atoms with van der Waals surface area (Å²) in [4.78, 5) is 1.05. The van der Waals surface area contributed by atoms with E-state index in [0.717, 1.165) is 11.3 Å². The van der Waals surface area contributed by atoms with Gasteiger partial charge in [-0.3, -0.25) is 0 Å². The largest absolute Gasteiger partial charge is 0.387 e. The summed E-state index contributed by atoms with van der Waals surface area (Å²) in [5, 5.41) is 12.1. The molecule has 1 aromatic rings. The highest BCUT2D eigenvalue weighted by molar-refractivity contribution is 7.10. The van der Waals surface area contributed by atoms with Gasteiger partial charge in [0, 0.05) is 16.8 Å². The quantitative estimate of drug-likeness (QED) is 0.775. The zero-order valence-electron chi connectivity index (χ0n) is 7.73. The minimum Gasteiger partial charge on any atom is -0.387 e. The molecule has 0 aromatic carbocycles. The van der Waals surface area contributed by atoms with Crippen LogP contribution < -0.4 is 5.73 Å². The van der Waals surface area contributed by atoms with E-state index < -0.39 is 0 Å². The van der Waals surface area contributed by atoms with E-state index in [1.165, 1.54) is 0 Å². The van der Waals surface area contributed by atoms with Gasteiger partial charge in [0.2, 0.25) is 0 Å². The molecule has 3 N–H and O–H groups in total. The smallest absolute Gasteiger partial charge is 0.0952 e. The van der Waals surface area contributed by atoms with Crippen molar-refractivity contribution in [1.29, 1.82) is 0 Å². The van der Waals surface area contributed by atoms with Crippen molar-refractivity contribution < 1.29 is 5.11 Å². The number of thiophene rings is 1. The molecular formula is C10H15NOS. The number of nitrogens with two attached hydrogens (primary N) is 1. The molecule has 1 fully saturated rings. The molecule has 1 saturated carbocycles.